The predicted molar refractivity (Wildman–Crippen MR) is 133 cm³/mol. The number of amides is 1. The van der Waals surface area contributed by atoms with Gasteiger partial charge in [-0.25, -0.2) is 0 Å². The Morgan fingerprint density at radius 1 is 1.06 bits per heavy atom. The molecule has 0 aromatic heterocycles. The van der Waals surface area contributed by atoms with Crippen molar-refractivity contribution in [1.82, 2.24) is 15.5 Å². The van der Waals surface area contributed by atoms with Crippen LogP contribution in [0.4, 0.5) is 5.69 Å². The highest BCUT2D eigenvalue weighted by molar-refractivity contribution is 6.43. The first-order chi connectivity index (χ1) is 15.5. The van der Waals surface area contributed by atoms with Gasteiger partial charge in [0.25, 0.3) is 0 Å². The van der Waals surface area contributed by atoms with Gasteiger partial charge in [0.2, 0.25) is 5.91 Å². The van der Waals surface area contributed by atoms with Crippen LogP contribution in [0.1, 0.15) is 18.9 Å². The lowest BCUT2D eigenvalue weighted by molar-refractivity contribution is -0.123. The second-order valence-electron chi connectivity index (χ2n) is 8.45. The van der Waals surface area contributed by atoms with Crippen molar-refractivity contribution in [3.05, 3.63) is 70.2 Å². The number of halogens is 2. The zero-order chi connectivity index (χ0) is 22.5. The van der Waals surface area contributed by atoms with E-state index in [1.54, 1.807) is 0 Å². The Kier molecular flexibility index (Phi) is 7.61. The zero-order valence-corrected chi connectivity index (χ0v) is 19.9. The minimum Gasteiger partial charge on any atom is -0.381 e. The van der Waals surface area contributed by atoms with Crippen LogP contribution >= 0.6 is 23.2 Å². The van der Waals surface area contributed by atoms with Crippen molar-refractivity contribution < 1.29 is 4.79 Å². The number of nitrogens with zero attached hydrogens (tertiary/aromatic N) is 2. The second kappa shape index (κ2) is 10.6. The van der Waals surface area contributed by atoms with Crippen molar-refractivity contribution in [1.29, 1.82) is 0 Å². The summed E-state index contributed by atoms with van der Waals surface area (Å²) in [6.45, 7) is 7.52. The summed E-state index contributed by atoms with van der Waals surface area (Å²) in [6.07, 6.45) is 2.99. The van der Waals surface area contributed by atoms with E-state index in [9.17, 15) is 4.79 Å². The fourth-order valence-electron chi connectivity index (χ4n) is 4.39. The molecule has 2 aromatic rings. The van der Waals surface area contributed by atoms with Gasteiger partial charge in [-0.3, -0.25) is 9.69 Å². The Morgan fingerprint density at radius 3 is 2.56 bits per heavy atom. The molecule has 5 nitrogen and oxygen atoms in total. The molecule has 0 bridgehead atoms. The maximum Gasteiger partial charge on any atom is 0.229 e. The number of rotatable bonds is 7. The summed E-state index contributed by atoms with van der Waals surface area (Å²) in [5.74, 6) is -0.0486. The van der Waals surface area contributed by atoms with Crippen molar-refractivity contribution in [2.75, 3.05) is 44.2 Å². The molecule has 170 valence electrons. The van der Waals surface area contributed by atoms with Gasteiger partial charge in [0.05, 0.1) is 21.7 Å². The molecule has 2 N–H and O–H groups in total. The standard InChI is InChI=1S/C25H30Cl2N4O/c1-18-20(17-22(29-18)19-7-3-2-4-8-19)25(32)28-11-6-12-30-13-15-31(16-14-30)23-10-5-9-21(26)24(23)27/h2-5,7-10,17-18,20,29H,6,11-16H2,1H3,(H,28,32). The van der Waals surface area contributed by atoms with E-state index >= 15 is 0 Å². The Bertz CT molecular complexity index is 958. The van der Waals surface area contributed by atoms with E-state index < -0.39 is 0 Å². The van der Waals surface area contributed by atoms with Crippen LogP contribution in [-0.2, 0) is 4.79 Å². The molecule has 2 aliphatic rings. The van der Waals surface area contributed by atoms with Gasteiger partial charge in [-0.15, -0.1) is 0 Å². The Hall–Kier alpha value is -2.21. The summed E-state index contributed by atoms with van der Waals surface area (Å²) in [5, 5.41) is 7.79. The average molecular weight is 473 g/mol. The van der Waals surface area contributed by atoms with Crippen molar-refractivity contribution in [2.45, 2.75) is 19.4 Å². The molecule has 0 spiro atoms. The molecule has 0 saturated carbocycles. The first-order valence-corrected chi connectivity index (χ1v) is 12.0. The first-order valence-electron chi connectivity index (χ1n) is 11.3. The highest BCUT2D eigenvalue weighted by Gasteiger charge is 2.29. The lowest BCUT2D eigenvalue weighted by atomic mass is 10.0. The van der Waals surface area contributed by atoms with Crippen LogP contribution < -0.4 is 15.5 Å². The first kappa shape index (κ1) is 23.0. The van der Waals surface area contributed by atoms with Crippen LogP contribution in [0, 0.1) is 5.92 Å². The molecule has 2 heterocycles. The molecule has 2 aliphatic heterocycles. The minimum absolute atomic E-state index is 0.0938. The Balaban J connectivity index is 1.19. The van der Waals surface area contributed by atoms with Crippen LogP contribution in [0.5, 0.6) is 0 Å². The van der Waals surface area contributed by atoms with Gasteiger partial charge in [-0.05, 0) is 43.7 Å². The molecule has 1 amide bonds. The predicted octanol–water partition coefficient (Wildman–Crippen LogP) is 4.27. The van der Waals surface area contributed by atoms with Crippen LogP contribution in [0.3, 0.4) is 0 Å². The van der Waals surface area contributed by atoms with Crippen LogP contribution in [0.15, 0.2) is 54.6 Å². The molecule has 1 fully saturated rings. The van der Waals surface area contributed by atoms with E-state index in [1.807, 2.05) is 36.4 Å². The van der Waals surface area contributed by atoms with Crippen molar-refractivity contribution >= 4 is 40.5 Å². The molecular formula is C25H30Cl2N4O. The lowest BCUT2D eigenvalue weighted by Gasteiger charge is -2.36. The largest absolute Gasteiger partial charge is 0.381 e. The highest BCUT2D eigenvalue weighted by atomic mass is 35.5. The van der Waals surface area contributed by atoms with Gasteiger partial charge >= 0.3 is 0 Å². The molecule has 4 rings (SSSR count). The van der Waals surface area contributed by atoms with Gasteiger partial charge in [0.15, 0.2) is 0 Å². The fraction of sp³-hybridized carbons (Fsp3) is 0.400. The number of benzene rings is 2. The van der Waals surface area contributed by atoms with E-state index in [0.717, 1.165) is 56.1 Å². The third-order valence-electron chi connectivity index (χ3n) is 6.25. The number of hydrogen-bond acceptors (Lipinski definition) is 4. The lowest BCUT2D eigenvalue weighted by Crippen LogP contribution is -2.47. The number of piperazine rings is 1. The third-order valence-corrected chi connectivity index (χ3v) is 7.06. The van der Waals surface area contributed by atoms with E-state index in [4.69, 9.17) is 23.2 Å². The zero-order valence-electron chi connectivity index (χ0n) is 18.4. The van der Waals surface area contributed by atoms with E-state index in [-0.39, 0.29) is 17.9 Å². The van der Waals surface area contributed by atoms with Crippen LogP contribution in [-0.4, -0.2) is 56.1 Å². The van der Waals surface area contributed by atoms with Crippen LogP contribution in [0.2, 0.25) is 10.0 Å². The van der Waals surface area contributed by atoms with Crippen molar-refractivity contribution in [3.63, 3.8) is 0 Å². The van der Waals surface area contributed by atoms with Crippen LogP contribution in [0.25, 0.3) is 5.70 Å². The number of hydrogen-bond donors (Lipinski definition) is 2. The number of nitrogens with one attached hydrogen (secondary N) is 2. The molecule has 0 radical (unpaired) electrons. The fourth-order valence-corrected chi connectivity index (χ4v) is 4.80. The monoisotopic (exact) mass is 472 g/mol. The maximum atomic E-state index is 12.7. The Labute approximate surface area is 200 Å². The van der Waals surface area contributed by atoms with Crippen molar-refractivity contribution in [2.24, 2.45) is 5.92 Å². The molecule has 7 heteroatoms. The van der Waals surface area contributed by atoms with E-state index in [0.29, 0.717) is 16.6 Å². The highest BCUT2D eigenvalue weighted by Crippen LogP contribution is 2.32. The summed E-state index contributed by atoms with van der Waals surface area (Å²) in [6, 6.07) is 16.0. The normalized spacial score (nSPS) is 21.2. The van der Waals surface area contributed by atoms with Gasteiger partial charge in [0.1, 0.15) is 0 Å². The minimum atomic E-state index is -0.142. The van der Waals surface area contributed by atoms with Gasteiger partial charge in [-0.1, -0.05) is 59.6 Å². The topological polar surface area (TPSA) is 47.6 Å². The quantitative estimate of drug-likeness (QED) is 0.590. The second-order valence-corrected chi connectivity index (χ2v) is 9.24. The number of carbonyl (C=O) groups is 1. The number of anilines is 1. The number of carbonyl (C=O) groups excluding carboxylic acids is 1. The van der Waals surface area contributed by atoms with E-state index in [2.05, 4.69) is 45.6 Å². The summed E-state index contributed by atoms with van der Waals surface area (Å²) < 4.78 is 0. The molecule has 0 aliphatic carbocycles. The SMILES string of the molecule is CC1NC(c2ccccc2)=CC1C(=O)NCCCN1CCN(c2cccc(Cl)c2Cl)CC1. The maximum absolute atomic E-state index is 12.7. The van der Waals surface area contributed by atoms with Crippen molar-refractivity contribution in [3.8, 4) is 0 Å². The molecule has 2 atom stereocenters. The van der Waals surface area contributed by atoms with Gasteiger partial charge in [0, 0.05) is 44.5 Å². The third kappa shape index (κ3) is 5.40. The van der Waals surface area contributed by atoms with Gasteiger partial charge < -0.3 is 15.5 Å². The summed E-state index contributed by atoms with van der Waals surface area (Å²) in [7, 11) is 0. The smallest absolute Gasteiger partial charge is 0.229 e. The molecule has 2 unspecified atom stereocenters. The molecular weight excluding hydrogens is 443 g/mol. The van der Waals surface area contributed by atoms with Gasteiger partial charge in [-0.2, -0.15) is 0 Å². The molecule has 2 aromatic carbocycles. The summed E-state index contributed by atoms with van der Waals surface area (Å²) >= 11 is 12.5. The average Bonchev–Trinajstić information content (AvgIpc) is 3.21. The Morgan fingerprint density at radius 2 is 1.81 bits per heavy atom. The summed E-state index contributed by atoms with van der Waals surface area (Å²) in [4.78, 5) is 17.4. The summed E-state index contributed by atoms with van der Waals surface area (Å²) in [5.41, 5.74) is 3.16. The molecule has 1 saturated heterocycles. The molecule has 32 heavy (non-hydrogen) atoms. The van der Waals surface area contributed by atoms with E-state index in [1.165, 1.54) is 0 Å².